The fourth-order valence-electron chi connectivity index (χ4n) is 2.69. The van der Waals surface area contributed by atoms with E-state index in [-0.39, 0.29) is 0 Å². The van der Waals surface area contributed by atoms with Crippen molar-refractivity contribution in [3.8, 4) is 0 Å². The molecule has 0 spiro atoms. The van der Waals surface area contributed by atoms with Crippen molar-refractivity contribution < 1.29 is 4.74 Å². The van der Waals surface area contributed by atoms with Crippen molar-refractivity contribution in [3.63, 3.8) is 0 Å². The molecular weight excluding hydrogens is 262 g/mol. The maximum absolute atomic E-state index is 6.02. The largest absolute Gasteiger partial charge is 0.378 e. The van der Waals surface area contributed by atoms with E-state index in [4.69, 9.17) is 16.3 Å². The number of hydrogen-bond donors (Lipinski definition) is 0. The number of rotatable bonds is 3. The summed E-state index contributed by atoms with van der Waals surface area (Å²) < 4.78 is 7.79. The van der Waals surface area contributed by atoms with Crippen LogP contribution in [0.2, 0.25) is 0 Å². The highest BCUT2D eigenvalue weighted by Crippen LogP contribution is 2.25. The number of imidazole rings is 1. The van der Waals surface area contributed by atoms with Crippen LogP contribution in [0.5, 0.6) is 0 Å². The molecule has 5 heteroatoms. The van der Waals surface area contributed by atoms with Crippen molar-refractivity contribution >= 4 is 22.8 Å². The zero-order valence-corrected chi connectivity index (χ0v) is 12.0. The van der Waals surface area contributed by atoms with Crippen molar-refractivity contribution in [2.24, 2.45) is 5.92 Å². The van der Waals surface area contributed by atoms with Crippen molar-refractivity contribution in [2.75, 3.05) is 6.61 Å². The van der Waals surface area contributed by atoms with E-state index in [0.717, 1.165) is 42.3 Å². The van der Waals surface area contributed by atoms with Gasteiger partial charge in [0.2, 0.25) is 0 Å². The Morgan fingerprint density at radius 2 is 2.26 bits per heavy atom. The smallest absolute Gasteiger partial charge is 0.160 e. The van der Waals surface area contributed by atoms with Crippen LogP contribution in [0.15, 0.2) is 12.1 Å². The lowest BCUT2D eigenvalue weighted by Crippen LogP contribution is -2.19. The summed E-state index contributed by atoms with van der Waals surface area (Å²) in [5, 5.41) is 0. The number of hydrogen-bond acceptors (Lipinski definition) is 3. The van der Waals surface area contributed by atoms with E-state index in [1.807, 2.05) is 19.1 Å². The molecule has 0 aromatic carbocycles. The highest BCUT2D eigenvalue weighted by molar-refractivity contribution is 6.16. The van der Waals surface area contributed by atoms with Gasteiger partial charge in [-0.25, -0.2) is 9.97 Å². The van der Waals surface area contributed by atoms with Crippen LogP contribution in [0.3, 0.4) is 0 Å². The predicted octanol–water partition coefficient (Wildman–Crippen LogP) is 2.90. The molecule has 1 fully saturated rings. The van der Waals surface area contributed by atoms with E-state index in [0.29, 0.717) is 17.9 Å². The van der Waals surface area contributed by atoms with E-state index in [1.54, 1.807) is 0 Å². The first-order valence-corrected chi connectivity index (χ1v) is 7.23. The lowest BCUT2D eigenvalue weighted by Gasteiger charge is -2.16. The van der Waals surface area contributed by atoms with Crippen molar-refractivity contribution in [3.05, 3.63) is 23.7 Å². The molecule has 4 nitrogen and oxygen atoms in total. The number of aromatic nitrogens is 3. The van der Waals surface area contributed by atoms with E-state index < -0.39 is 0 Å². The maximum atomic E-state index is 6.02. The predicted molar refractivity (Wildman–Crippen MR) is 75.3 cm³/mol. The summed E-state index contributed by atoms with van der Waals surface area (Å²) >= 11 is 6.02. The Labute approximate surface area is 117 Å². The summed E-state index contributed by atoms with van der Waals surface area (Å²) in [6.45, 7) is 5.87. The molecule has 3 heterocycles. The molecule has 0 saturated carbocycles. The summed E-state index contributed by atoms with van der Waals surface area (Å²) in [5.41, 5.74) is 2.87. The van der Waals surface area contributed by atoms with Gasteiger partial charge in [0.05, 0.1) is 12.0 Å². The van der Waals surface area contributed by atoms with Crippen molar-refractivity contribution in [1.82, 2.24) is 14.5 Å². The lowest BCUT2D eigenvalue weighted by molar-refractivity contribution is 0.102. The van der Waals surface area contributed by atoms with Gasteiger partial charge < -0.3 is 9.30 Å². The summed E-state index contributed by atoms with van der Waals surface area (Å²) in [4.78, 5) is 9.18. The molecule has 1 aliphatic heterocycles. The van der Waals surface area contributed by atoms with E-state index in [9.17, 15) is 0 Å². The van der Waals surface area contributed by atoms with Gasteiger partial charge in [-0.05, 0) is 32.4 Å². The second-order valence-corrected chi connectivity index (χ2v) is 5.46. The Hall–Kier alpha value is -1.13. The quantitative estimate of drug-likeness (QED) is 0.811. The molecule has 1 saturated heterocycles. The molecule has 1 aliphatic rings. The zero-order chi connectivity index (χ0) is 13.4. The SMILES string of the molecule is Cc1ccc2nc(CCl)n(CC3CCOC3C)c2n1. The third-order valence-corrected chi connectivity index (χ3v) is 4.12. The third-order valence-electron chi connectivity index (χ3n) is 3.88. The Balaban J connectivity index is 2.02. The molecule has 2 aromatic rings. The zero-order valence-electron chi connectivity index (χ0n) is 11.3. The van der Waals surface area contributed by atoms with Gasteiger partial charge in [-0.1, -0.05) is 0 Å². The Morgan fingerprint density at radius 1 is 1.42 bits per heavy atom. The fraction of sp³-hybridized carbons (Fsp3) is 0.571. The first-order valence-electron chi connectivity index (χ1n) is 6.69. The minimum Gasteiger partial charge on any atom is -0.378 e. The summed E-state index contributed by atoms with van der Waals surface area (Å²) in [5.74, 6) is 1.83. The highest BCUT2D eigenvalue weighted by atomic mass is 35.5. The number of aryl methyl sites for hydroxylation is 1. The summed E-state index contributed by atoms with van der Waals surface area (Å²) in [6.07, 6.45) is 1.39. The van der Waals surface area contributed by atoms with Crippen LogP contribution in [-0.4, -0.2) is 27.2 Å². The van der Waals surface area contributed by atoms with Gasteiger partial charge in [0, 0.05) is 24.8 Å². The number of halogens is 1. The summed E-state index contributed by atoms with van der Waals surface area (Å²) in [7, 11) is 0. The minimum atomic E-state index is 0.297. The fourth-order valence-corrected chi connectivity index (χ4v) is 2.89. The van der Waals surface area contributed by atoms with Gasteiger partial charge in [0.1, 0.15) is 11.3 Å². The first kappa shape index (κ1) is 12.9. The van der Waals surface area contributed by atoms with Gasteiger partial charge in [-0.15, -0.1) is 11.6 Å². The third kappa shape index (κ3) is 2.35. The molecule has 2 atom stereocenters. The second kappa shape index (κ2) is 5.10. The first-order chi connectivity index (χ1) is 9.19. The van der Waals surface area contributed by atoms with Gasteiger partial charge in [0.15, 0.2) is 5.65 Å². The molecule has 0 radical (unpaired) electrons. The summed E-state index contributed by atoms with van der Waals surface area (Å²) in [6, 6.07) is 4.00. The van der Waals surface area contributed by atoms with Crippen LogP contribution in [0.25, 0.3) is 11.2 Å². The highest BCUT2D eigenvalue weighted by Gasteiger charge is 2.26. The van der Waals surface area contributed by atoms with Gasteiger partial charge >= 0.3 is 0 Å². The normalized spacial score (nSPS) is 23.3. The molecule has 0 aliphatic carbocycles. The van der Waals surface area contributed by atoms with Gasteiger partial charge in [-0.3, -0.25) is 0 Å². The molecule has 2 aromatic heterocycles. The number of nitrogens with zero attached hydrogens (tertiary/aromatic N) is 3. The molecule has 0 amide bonds. The van der Waals surface area contributed by atoms with E-state index in [2.05, 4.69) is 21.5 Å². The molecule has 0 N–H and O–H groups in total. The Morgan fingerprint density at radius 3 is 2.95 bits per heavy atom. The lowest BCUT2D eigenvalue weighted by atomic mass is 10.0. The van der Waals surface area contributed by atoms with Crippen LogP contribution in [0, 0.1) is 12.8 Å². The molecule has 0 bridgehead atoms. The van der Waals surface area contributed by atoms with Crippen LogP contribution in [0.4, 0.5) is 0 Å². The Bertz CT molecular complexity index is 596. The van der Waals surface area contributed by atoms with E-state index in [1.165, 1.54) is 0 Å². The average molecular weight is 280 g/mol. The topological polar surface area (TPSA) is 39.9 Å². The second-order valence-electron chi connectivity index (χ2n) is 5.19. The van der Waals surface area contributed by atoms with Crippen molar-refractivity contribution in [1.29, 1.82) is 0 Å². The van der Waals surface area contributed by atoms with Crippen LogP contribution < -0.4 is 0 Å². The maximum Gasteiger partial charge on any atom is 0.160 e. The monoisotopic (exact) mass is 279 g/mol. The van der Waals surface area contributed by atoms with E-state index >= 15 is 0 Å². The number of pyridine rings is 1. The van der Waals surface area contributed by atoms with Crippen molar-refractivity contribution in [2.45, 2.75) is 38.8 Å². The molecule has 19 heavy (non-hydrogen) atoms. The number of ether oxygens (including phenoxy) is 1. The molecular formula is C14H18ClN3O. The molecule has 102 valence electrons. The van der Waals surface area contributed by atoms with Crippen LogP contribution in [0.1, 0.15) is 24.9 Å². The Kier molecular flexibility index (Phi) is 3.46. The van der Waals surface area contributed by atoms with Gasteiger partial charge in [0.25, 0.3) is 0 Å². The molecule has 2 unspecified atom stereocenters. The van der Waals surface area contributed by atoms with Crippen LogP contribution in [-0.2, 0) is 17.2 Å². The van der Waals surface area contributed by atoms with Crippen LogP contribution >= 0.6 is 11.6 Å². The minimum absolute atomic E-state index is 0.297. The van der Waals surface area contributed by atoms with Gasteiger partial charge in [-0.2, -0.15) is 0 Å². The standard InChI is InChI=1S/C14H18ClN3O/c1-9-3-4-12-14(16-9)18(13(7-15)17-12)8-11-5-6-19-10(11)2/h3-4,10-11H,5-8H2,1-2H3. The number of alkyl halides is 1. The average Bonchev–Trinajstić information content (AvgIpc) is 2.95. The molecule has 3 rings (SSSR count). The number of fused-ring (bicyclic) bond motifs is 1.